The minimum atomic E-state index is -0.527. The molecule has 0 unspecified atom stereocenters. The fraction of sp³-hybridized carbons (Fsp3) is 0.294. The van der Waals surface area contributed by atoms with Gasteiger partial charge < -0.3 is 10.1 Å². The van der Waals surface area contributed by atoms with Crippen molar-refractivity contribution >= 4 is 34.8 Å². The maximum Gasteiger partial charge on any atom is 0.348 e. The topological polar surface area (TPSA) is 55.4 Å². The molecule has 4 nitrogen and oxygen atoms in total. The fourth-order valence-corrected chi connectivity index (χ4v) is 3.70. The fourth-order valence-electron chi connectivity index (χ4n) is 2.77. The number of nitrogens with one attached hydrogen (secondary N) is 1. The van der Waals surface area contributed by atoms with Crippen molar-refractivity contribution in [2.45, 2.75) is 25.3 Å². The van der Waals surface area contributed by atoms with E-state index in [-0.39, 0.29) is 18.6 Å². The first kappa shape index (κ1) is 16.0. The molecule has 1 heterocycles. The van der Waals surface area contributed by atoms with Gasteiger partial charge in [-0.3, -0.25) is 4.79 Å². The molecule has 0 bridgehead atoms. The van der Waals surface area contributed by atoms with Crippen LogP contribution in [0.3, 0.4) is 0 Å². The van der Waals surface area contributed by atoms with Gasteiger partial charge in [-0.1, -0.05) is 35.9 Å². The molecule has 1 atom stereocenters. The summed E-state index contributed by atoms with van der Waals surface area (Å²) in [6, 6.07) is 11.3. The number of hydrogen-bond donors (Lipinski definition) is 1. The van der Waals surface area contributed by atoms with Gasteiger partial charge in [0.2, 0.25) is 0 Å². The maximum absolute atomic E-state index is 12.1. The molecule has 1 aliphatic rings. The Hall–Kier alpha value is -1.85. The minimum absolute atomic E-state index is 0.0117. The van der Waals surface area contributed by atoms with Crippen molar-refractivity contribution in [2.24, 2.45) is 0 Å². The SMILES string of the molecule is O=C(COC(=O)c1ccc(Cl)s1)N[C@H]1CCCc2ccccc21. The molecule has 1 amide bonds. The van der Waals surface area contributed by atoms with Crippen molar-refractivity contribution in [1.29, 1.82) is 0 Å². The van der Waals surface area contributed by atoms with E-state index in [2.05, 4.69) is 11.4 Å². The molecule has 3 rings (SSSR count). The highest BCUT2D eigenvalue weighted by Gasteiger charge is 2.22. The van der Waals surface area contributed by atoms with Gasteiger partial charge >= 0.3 is 5.97 Å². The van der Waals surface area contributed by atoms with Gasteiger partial charge in [0.05, 0.1) is 10.4 Å². The van der Waals surface area contributed by atoms with Crippen molar-refractivity contribution < 1.29 is 14.3 Å². The van der Waals surface area contributed by atoms with Gasteiger partial charge in [0.15, 0.2) is 6.61 Å². The summed E-state index contributed by atoms with van der Waals surface area (Å²) in [6.45, 7) is -0.285. The molecule has 0 saturated carbocycles. The second kappa shape index (κ2) is 7.15. The van der Waals surface area contributed by atoms with Gasteiger partial charge in [0.25, 0.3) is 5.91 Å². The number of fused-ring (bicyclic) bond motifs is 1. The molecule has 1 aliphatic carbocycles. The zero-order valence-corrected chi connectivity index (χ0v) is 14.0. The average molecular weight is 350 g/mol. The summed E-state index contributed by atoms with van der Waals surface area (Å²) in [4.78, 5) is 24.2. The van der Waals surface area contributed by atoms with Crippen molar-refractivity contribution in [2.75, 3.05) is 6.61 Å². The number of hydrogen-bond acceptors (Lipinski definition) is 4. The van der Waals surface area contributed by atoms with Crippen LogP contribution < -0.4 is 5.32 Å². The second-order valence-electron chi connectivity index (χ2n) is 5.39. The first-order chi connectivity index (χ1) is 11.1. The number of aryl methyl sites for hydroxylation is 1. The molecule has 1 N–H and O–H groups in total. The number of esters is 1. The summed E-state index contributed by atoms with van der Waals surface area (Å²) in [6.07, 6.45) is 2.98. The lowest BCUT2D eigenvalue weighted by Crippen LogP contribution is -2.34. The zero-order chi connectivity index (χ0) is 16.2. The van der Waals surface area contributed by atoms with Gasteiger partial charge in [0, 0.05) is 0 Å². The van der Waals surface area contributed by atoms with Crippen molar-refractivity contribution in [3.63, 3.8) is 0 Å². The normalized spacial score (nSPS) is 16.5. The van der Waals surface area contributed by atoms with E-state index in [1.807, 2.05) is 18.2 Å². The lowest BCUT2D eigenvalue weighted by molar-refractivity contribution is -0.125. The molecule has 0 saturated heterocycles. The first-order valence-corrected chi connectivity index (χ1v) is 8.62. The van der Waals surface area contributed by atoms with E-state index in [1.54, 1.807) is 12.1 Å². The molecular weight excluding hydrogens is 334 g/mol. The van der Waals surface area contributed by atoms with Crippen LogP contribution in [0.1, 0.15) is 39.7 Å². The number of amides is 1. The minimum Gasteiger partial charge on any atom is -0.451 e. The average Bonchev–Trinajstić information content (AvgIpc) is 2.99. The summed E-state index contributed by atoms with van der Waals surface area (Å²) >= 11 is 6.91. The van der Waals surface area contributed by atoms with E-state index in [0.29, 0.717) is 9.21 Å². The zero-order valence-electron chi connectivity index (χ0n) is 12.4. The Morgan fingerprint density at radius 2 is 2.09 bits per heavy atom. The molecule has 120 valence electrons. The summed E-state index contributed by atoms with van der Waals surface area (Å²) in [5.74, 6) is -0.816. The van der Waals surface area contributed by atoms with E-state index in [4.69, 9.17) is 16.3 Å². The van der Waals surface area contributed by atoms with Crippen molar-refractivity contribution in [3.8, 4) is 0 Å². The molecule has 0 spiro atoms. The van der Waals surface area contributed by atoms with Crippen molar-refractivity contribution in [3.05, 3.63) is 56.7 Å². The van der Waals surface area contributed by atoms with E-state index >= 15 is 0 Å². The molecule has 0 aliphatic heterocycles. The third-order valence-electron chi connectivity index (χ3n) is 3.81. The van der Waals surface area contributed by atoms with E-state index in [1.165, 1.54) is 5.56 Å². The van der Waals surface area contributed by atoms with Gasteiger partial charge in [-0.05, 0) is 42.5 Å². The number of thiophene rings is 1. The van der Waals surface area contributed by atoms with Crippen LogP contribution in [0.5, 0.6) is 0 Å². The summed E-state index contributed by atoms with van der Waals surface area (Å²) in [5, 5.41) is 2.95. The number of carbonyl (C=O) groups is 2. The van der Waals surface area contributed by atoms with E-state index < -0.39 is 5.97 Å². The third kappa shape index (κ3) is 3.92. The number of halogens is 1. The molecule has 2 aromatic rings. The van der Waals surface area contributed by atoms with Crippen LogP contribution in [0.4, 0.5) is 0 Å². The Morgan fingerprint density at radius 1 is 1.26 bits per heavy atom. The Bertz CT molecular complexity index is 728. The molecule has 0 fully saturated rings. The van der Waals surface area contributed by atoms with Gasteiger partial charge in [-0.2, -0.15) is 0 Å². The van der Waals surface area contributed by atoms with E-state index in [9.17, 15) is 9.59 Å². The maximum atomic E-state index is 12.1. The smallest absolute Gasteiger partial charge is 0.348 e. The second-order valence-corrected chi connectivity index (χ2v) is 7.11. The Balaban J connectivity index is 1.55. The number of benzene rings is 1. The largest absolute Gasteiger partial charge is 0.451 e. The first-order valence-electron chi connectivity index (χ1n) is 7.43. The summed E-state index contributed by atoms with van der Waals surface area (Å²) in [7, 11) is 0. The lowest BCUT2D eigenvalue weighted by atomic mass is 9.88. The summed E-state index contributed by atoms with van der Waals surface area (Å²) in [5.41, 5.74) is 2.43. The highest BCUT2D eigenvalue weighted by Crippen LogP contribution is 2.29. The van der Waals surface area contributed by atoms with Crippen LogP contribution in [0.25, 0.3) is 0 Å². The number of ether oxygens (including phenoxy) is 1. The van der Waals surface area contributed by atoms with Gasteiger partial charge in [-0.15, -0.1) is 11.3 Å². The molecular formula is C17H16ClNO3S. The lowest BCUT2D eigenvalue weighted by Gasteiger charge is -2.26. The van der Waals surface area contributed by atoms with Gasteiger partial charge in [-0.25, -0.2) is 4.79 Å². The number of rotatable bonds is 4. The Kier molecular flexibility index (Phi) is 4.98. The quantitative estimate of drug-likeness (QED) is 0.855. The predicted molar refractivity (Wildman–Crippen MR) is 89.9 cm³/mol. The highest BCUT2D eigenvalue weighted by atomic mass is 35.5. The van der Waals surface area contributed by atoms with Crippen LogP contribution in [0, 0.1) is 0 Å². The molecule has 1 aromatic carbocycles. The van der Waals surface area contributed by atoms with Crippen LogP contribution in [-0.4, -0.2) is 18.5 Å². The van der Waals surface area contributed by atoms with Crippen LogP contribution in [0.15, 0.2) is 36.4 Å². The predicted octanol–water partition coefficient (Wildman–Crippen LogP) is 3.75. The van der Waals surface area contributed by atoms with Crippen molar-refractivity contribution in [1.82, 2.24) is 5.32 Å². The third-order valence-corrected chi connectivity index (χ3v) is 5.02. The molecule has 23 heavy (non-hydrogen) atoms. The van der Waals surface area contributed by atoms with Crippen LogP contribution in [0.2, 0.25) is 4.34 Å². The van der Waals surface area contributed by atoms with E-state index in [0.717, 1.165) is 36.2 Å². The standard InChI is InChI=1S/C17H16ClNO3S/c18-15-9-8-14(23-15)17(21)22-10-16(20)19-13-7-3-5-11-4-1-2-6-12(11)13/h1-2,4,6,8-9,13H,3,5,7,10H2,(H,19,20)/t13-/m0/s1. The summed E-state index contributed by atoms with van der Waals surface area (Å²) < 4.78 is 5.55. The Labute approximate surface area is 143 Å². The molecule has 1 aromatic heterocycles. The number of carbonyl (C=O) groups excluding carboxylic acids is 2. The Morgan fingerprint density at radius 3 is 2.87 bits per heavy atom. The van der Waals surface area contributed by atoms with Gasteiger partial charge in [0.1, 0.15) is 4.88 Å². The van der Waals surface area contributed by atoms with Crippen LogP contribution >= 0.6 is 22.9 Å². The van der Waals surface area contributed by atoms with Crippen LogP contribution in [-0.2, 0) is 16.0 Å². The highest BCUT2D eigenvalue weighted by molar-refractivity contribution is 7.17. The monoisotopic (exact) mass is 349 g/mol. The molecule has 0 radical (unpaired) electrons. The molecule has 6 heteroatoms.